The van der Waals surface area contributed by atoms with Crippen molar-refractivity contribution in [2.75, 3.05) is 52.4 Å². The topological polar surface area (TPSA) is 73.0 Å². The zero-order chi connectivity index (χ0) is 17.9. The predicted molar refractivity (Wildman–Crippen MR) is 103 cm³/mol. The van der Waals surface area contributed by atoms with Crippen LogP contribution in [0.1, 0.15) is 6.92 Å². The van der Waals surface area contributed by atoms with Crippen molar-refractivity contribution in [3.8, 4) is 0 Å². The van der Waals surface area contributed by atoms with Crippen molar-refractivity contribution in [3.05, 3.63) is 30.3 Å². The number of hydrogen-bond donors (Lipinski definition) is 1. The summed E-state index contributed by atoms with van der Waals surface area (Å²) in [5, 5.41) is 3.32. The van der Waals surface area contributed by atoms with Gasteiger partial charge < -0.3 is 10.2 Å². The Kier molecular flexibility index (Phi) is 7.42. The van der Waals surface area contributed by atoms with Gasteiger partial charge in [0.05, 0.1) is 11.4 Å². The molecule has 1 aromatic rings. The minimum absolute atomic E-state index is 0. The second kappa shape index (κ2) is 9.14. The molecule has 0 saturated carbocycles. The molecule has 0 unspecified atom stereocenters. The van der Waals surface area contributed by atoms with Gasteiger partial charge in [-0.2, -0.15) is 4.31 Å². The highest BCUT2D eigenvalue weighted by molar-refractivity contribution is 7.89. The van der Waals surface area contributed by atoms with Gasteiger partial charge >= 0.3 is 0 Å². The van der Waals surface area contributed by atoms with Crippen molar-refractivity contribution in [3.63, 3.8) is 0 Å². The summed E-state index contributed by atoms with van der Waals surface area (Å²) < 4.78 is 26.7. The normalized spacial score (nSPS) is 22.7. The van der Waals surface area contributed by atoms with Gasteiger partial charge in [-0.3, -0.25) is 9.69 Å². The lowest BCUT2D eigenvalue weighted by Crippen LogP contribution is -2.56. The van der Waals surface area contributed by atoms with Crippen molar-refractivity contribution >= 4 is 28.3 Å². The molecule has 0 bridgehead atoms. The Labute approximate surface area is 161 Å². The molecule has 0 aliphatic carbocycles. The maximum absolute atomic E-state index is 12.6. The van der Waals surface area contributed by atoms with Crippen LogP contribution in [0.15, 0.2) is 35.2 Å². The van der Waals surface area contributed by atoms with E-state index in [2.05, 4.69) is 17.1 Å². The van der Waals surface area contributed by atoms with Crippen LogP contribution in [0.5, 0.6) is 0 Å². The fourth-order valence-electron chi connectivity index (χ4n) is 3.31. The van der Waals surface area contributed by atoms with Gasteiger partial charge in [-0.25, -0.2) is 8.42 Å². The second-order valence-electron chi connectivity index (χ2n) is 6.62. The van der Waals surface area contributed by atoms with Gasteiger partial charge in [0.1, 0.15) is 0 Å². The Bertz CT molecular complexity index is 693. The van der Waals surface area contributed by atoms with Gasteiger partial charge in [-0.05, 0) is 19.1 Å². The summed E-state index contributed by atoms with van der Waals surface area (Å²) in [6.45, 7) is 6.79. The molecule has 7 nitrogen and oxygen atoms in total. The van der Waals surface area contributed by atoms with E-state index in [0.29, 0.717) is 43.7 Å². The molecule has 3 rings (SSSR count). The molecule has 2 saturated heterocycles. The minimum atomic E-state index is -3.47. The SMILES string of the molecule is C[C@H]1CNCCN1CC(=O)N1CCN(S(=O)(=O)c2ccccc2)CC1.Cl. The summed E-state index contributed by atoms with van der Waals surface area (Å²) in [6, 6.07) is 8.81. The molecule has 146 valence electrons. The van der Waals surface area contributed by atoms with Gasteiger partial charge in [0.25, 0.3) is 0 Å². The van der Waals surface area contributed by atoms with Gasteiger partial charge in [0.2, 0.25) is 15.9 Å². The fourth-order valence-corrected chi connectivity index (χ4v) is 4.75. The standard InChI is InChI=1S/C17H26N4O3S.ClH/c1-15-13-18-7-8-20(15)14-17(22)19-9-11-21(12-10-19)25(23,24)16-5-3-2-4-6-16;/h2-6,15,18H,7-14H2,1H3;1H/t15-;/m0./s1. The number of sulfonamides is 1. The maximum Gasteiger partial charge on any atom is 0.243 e. The third kappa shape index (κ3) is 4.75. The van der Waals surface area contributed by atoms with Gasteiger partial charge in [-0.1, -0.05) is 18.2 Å². The third-order valence-corrected chi connectivity index (χ3v) is 6.86. The molecule has 1 atom stereocenters. The number of benzene rings is 1. The van der Waals surface area contributed by atoms with Crippen LogP contribution in [0.25, 0.3) is 0 Å². The average Bonchev–Trinajstić information content (AvgIpc) is 2.64. The Balaban J connectivity index is 0.00000243. The number of carbonyl (C=O) groups excluding carboxylic acids is 1. The van der Waals surface area contributed by atoms with Crippen molar-refractivity contribution in [1.29, 1.82) is 0 Å². The Morgan fingerprint density at radius 2 is 1.77 bits per heavy atom. The maximum atomic E-state index is 12.6. The lowest BCUT2D eigenvalue weighted by molar-refractivity contribution is -0.134. The molecule has 9 heteroatoms. The second-order valence-corrected chi connectivity index (χ2v) is 8.56. The predicted octanol–water partition coefficient (Wildman–Crippen LogP) is 0.235. The number of halogens is 1. The highest BCUT2D eigenvalue weighted by Crippen LogP contribution is 2.17. The number of rotatable bonds is 4. The van der Waals surface area contributed by atoms with Crippen LogP contribution in [0.2, 0.25) is 0 Å². The number of piperazine rings is 2. The van der Waals surface area contributed by atoms with E-state index < -0.39 is 10.0 Å². The molecule has 0 radical (unpaired) electrons. The summed E-state index contributed by atoms with van der Waals surface area (Å²) in [5.74, 6) is 0.0884. The zero-order valence-corrected chi connectivity index (χ0v) is 16.6. The molecule has 1 amide bonds. The first kappa shape index (κ1) is 21.1. The summed E-state index contributed by atoms with van der Waals surface area (Å²) >= 11 is 0. The molecular formula is C17H27ClN4O3S. The molecule has 26 heavy (non-hydrogen) atoms. The van der Waals surface area contributed by atoms with Crippen molar-refractivity contribution in [2.45, 2.75) is 17.9 Å². The van der Waals surface area contributed by atoms with E-state index in [9.17, 15) is 13.2 Å². The quantitative estimate of drug-likeness (QED) is 0.780. The highest BCUT2D eigenvalue weighted by Gasteiger charge is 2.31. The first-order chi connectivity index (χ1) is 12.0. The van der Waals surface area contributed by atoms with Crippen molar-refractivity contribution < 1.29 is 13.2 Å². The molecule has 0 spiro atoms. The van der Waals surface area contributed by atoms with Gasteiger partial charge in [-0.15, -0.1) is 12.4 Å². The van der Waals surface area contributed by atoms with E-state index in [0.717, 1.165) is 19.6 Å². The number of carbonyl (C=O) groups is 1. The summed E-state index contributed by atoms with van der Waals surface area (Å²) in [6.07, 6.45) is 0. The Morgan fingerprint density at radius 3 is 2.38 bits per heavy atom. The third-order valence-electron chi connectivity index (χ3n) is 4.95. The lowest BCUT2D eigenvalue weighted by Gasteiger charge is -2.37. The first-order valence-electron chi connectivity index (χ1n) is 8.76. The minimum Gasteiger partial charge on any atom is -0.339 e. The number of nitrogens with one attached hydrogen (secondary N) is 1. The first-order valence-corrected chi connectivity index (χ1v) is 10.2. The molecule has 2 heterocycles. The van der Waals surface area contributed by atoms with Crippen LogP contribution >= 0.6 is 12.4 Å². The van der Waals surface area contributed by atoms with Gasteiger partial charge in [0, 0.05) is 51.9 Å². The van der Waals surface area contributed by atoms with E-state index in [4.69, 9.17) is 0 Å². The molecule has 2 aliphatic heterocycles. The smallest absolute Gasteiger partial charge is 0.243 e. The highest BCUT2D eigenvalue weighted by atomic mass is 35.5. The van der Waals surface area contributed by atoms with E-state index in [-0.39, 0.29) is 18.3 Å². The lowest BCUT2D eigenvalue weighted by atomic mass is 10.2. The van der Waals surface area contributed by atoms with Crippen LogP contribution in [0.4, 0.5) is 0 Å². The molecule has 2 aliphatic rings. The van der Waals surface area contributed by atoms with Crippen molar-refractivity contribution in [1.82, 2.24) is 19.4 Å². The zero-order valence-electron chi connectivity index (χ0n) is 15.0. The van der Waals surface area contributed by atoms with Gasteiger partial charge in [0.15, 0.2) is 0 Å². The number of amides is 1. The molecule has 1 aromatic carbocycles. The number of hydrogen-bond acceptors (Lipinski definition) is 5. The monoisotopic (exact) mass is 402 g/mol. The molecule has 0 aromatic heterocycles. The van der Waals surface area contributed by atoms with Crippen LogP contribution < -0.4 is 5.32 Å². The Morgan fingerprint density at radius 1 is 1.12 bits per heavy atom. The molecular weight excluding hydrogens is 376 g/mol. The van der Waals surface area contributed by atoms with E-state index >= 15 is 0 Å². The van der Waals surface area contributed by atoms with E-state index in [1.807, 2.05) is 0 Å². The largest absolute Gasteiger partial charge is 0.339 e. The van der Waals surface area contributed by atoms with Crippen LogP contribution in [0, 0.1) is 0 Å². The van der Waals surface area contributed by atoms with E-state index in [1.54, 1.807) is 35.2 Å². The Hall–Kier alpha value is -1.19. The molecule has 1 N–H and O–H groups in total. The van der Waals surface area contributed by atoms with Crippen molar-refractivity contribution in [2.24, 2.45) is 0 Å². The van der Waals surface area contributed by atoms with Crippen LogP contribution in [-0.4, -0.2) is 86.8 Å². The summed E-state index contributed by atoms with van der Waals surface area (Å²) in [4.78, 5) is 16.8. The van der Waals surface area contributed by atoms with Crippen LogP contribution in [0.3, 0.4) is 0 Å². The summed E-state index contributed by atoms with van der Waals surface area (Å²) in [7, 11) is -3.47. The fraction of sp³-hybridized carbons (Fsp3) is 0.588. The summed E-state index contributed by atoms with van der Waals surface area (Å²) in [5.41, 5.74) is 0. The van der Waals surface area contributed by atoms with E-state index in [1.165, 1.54) is 4.31 Å². The average molecular weight is 403 g/mol. The number of nitrogens with zero attached hydrogens (tertiary/aromatic N) is 3. The molecule has 2 fully saturated rings. The van der Waals surface area contributed by atoms with Crippen LogP contribution in [-0.2, 0) is 14.8 Å².